The van der Waals surface area contributed by atoms with Crippen molar-refractivity contribution in [3.63, 3.8) is 0 Å². The van der Waals surface area contributed by atoms with Gasteiger partial charge in [0, 0.05) is 31.9 Å². The van der Waals surface area contributed by atoms with Crippen molar-refractivity contribution in [3.05, 3.63) is 74.2 Å². The van der Waals surface area contributed by atoms with E-state index in [0.717, 1.165) is 15.6 Å². The molecule has 0 saturated carbocycles. The van der Waals surface area contributed by atoms with Gasteiger partial charge in [-0.15, -0.1) is 11.3 Å². The molecular weight excluding hydrogens is 431 g/mol. The van der Waals surface area contributed by atoms with E-state index < -0.39 is 0 Å². The van der Waals surface area contributed by atoms with Crippen LogP contribution < -0.4 is 5.32 Å². The highest BCUT2D eigenvalue weighted by molar-refractivity contribution is 8.00. The van der Waals surface area contributed by atoms with E-state index in [1.807, 2.05) is 17.5 Å². The van der Waals surface area contributed by atoms with E-state index in [-0.39, 0.29) is 12.3 Å². The summed E-state index contributed by atoms with van der Waals surface area (Å²) in [5.74, 6) is 0.579. The number of benzene rings is 2. The SMILES string of the molecule is O=C(Cc1csc(SCc2ccc(Cl)cc2Cl)n1)Nc1ccc(Cl)cc1. The van der Waals surface area contributed by atoms with Gasteiger partial charge < -0.3 is 5.32 Å². The van der Waals surface area contributed by atoms with Crippen LogP contribution in [0.1, 0.15) is 11.3 Å². The van der Waals surface area contributed by atoms with E-state index in [1.165, 1.54) is 11.3 Å². The Bertz CT molecular complexity index is 913. The highest BCUT2D eigenvalue weighted by atomic mass is 35.5. The number of thioether (sulfide) groups is 1. The van der Waals surface area contributed by atoms with Gasteiger partial charge in [0.05, 0.1) is 12.1 Å². The number of carbonyl (C=O) groups is 1. The van der Waals surface area contributed by atoms with Crippen LogP contribution in [0, 0.1) is 0 Å². The number of nitrogens with one attached hydrogen (secondary N) is 1. The lowest BCUT2D eigenvalue weighted by molar-refractivity contribution is -0.115. The molecule has 3 rings (SSSR count). The Labute approximate surface area is 174 Å². The fourth-order valence-electron chi connectivity index (χ4n) is 2.12. The maximum absolute atomic E-state index is 12.1. The van der Waals surface area contributed by atoms with Crippen molar-refractivity contribution in [1.82, 2.24) is 4.98 Å². The van der Waals surface area contributed by atoms with E-state index in [0.29, 0.717) is 26.5 Å². The van der Waals surface area contributed by atoms with Gasteiger partial charge in [-0.05, 0) is 42.0 Å². The first kappa shape index (κ1) is 19.5. The fourth-order valence-corrected chi connectivity index (χ4v) is 4.65. The smallest absolute Gasteiger partial charge is 0.230 e. The number of thiazole rings is 1. The van der Waals surface area contributed by atoms with Gasteiger partial charge >= 0.3 is 0 Å². The van der Waals surface area contributed by atoms with Crippen LogP contribution in [0.15, 0.2) is 52.2 Å². The van der Waals surface area contributed by atoms with Gasteiger partial charge in [0.1, 0.15) is 4.34 Å². The highest BCUT2D eigenvalue weighted by Gasteiger charge is 2.10. The summed E-state index contributed by atoms with van der Waals surface area (Å²) in [4.78, 5) is 16.6. The Morgan fingerprint density at radius 3 is 2.54 bits per heavy atom. The van der Waals surface area contributed by atoms with Gasteiger partial charge in [-0.1, -0.05) is 52.6 Å². The van der Waals surface area contributed by atoms with Crippen LogP contribution in [0.3, 0.4) is 0 Å². The second-order valence-corrected chi connectivity index (χ2v) is 8.72. The number of anilines is 1. The lowest BCUT2D eigenvalue weighted by atomic mass is 10.2. The molecule has 0 spiro atoms. The molecule has 134 valence electrons. The highest BCUT2D eigenvalue weighted by Crippen LogP contribution is 2.30. The molecule has 1 aromatic heterocycles. The second-order valence-electron chi connectivity index (χ2n) is 5.36. The van der Waals surface area contributed by atoms with Crippen molar-refractivity contribution in [2.24, 2.45) is 0 Å². The third-order valence-electron chi connectivity index (χ3n) is 3.37. The molecule has 3 nitrogen and oxygen atoms in total. The maximum Gasteiger partial charge on any atom is 0.230 e. The van der Waals surface area contributed by atoms with E-state index in [1.54, 1.807) is 42.1 Å². The largest absolute Gasteiger partial charge is 0.326 e. The Balaban J connectivity index is 1.54. The number of amides is 1. The summed E-state index contributed by atoms with van der Waals surface area (Å²) in [6, 6.07) is 12.4. The Morgan fingerprint density at radius 1 is 1.08 bits per heavy atom. The van der Waals surface area contributed by atoms with Gasteiger partial charge in [0.25, 0.3) is 0 Å². The Morgan fingerprint density at radius 2 is 1.81 bits per heavy atom. The number of aromatic nitrogens is 1. The Hall–Kier alpha value is -1.24. The van der Waals surface area contributed by atoms with Crippen molar-refractivity contribution < 1.29 is 4.79 Å². The molecule has 26 heavy (non-hydrogen) atoms. The molecule has 2 aromatic carbocycles. The molecule has 1 amide bonds. The summed E-state index contributed by atoms with van der Waals surface area (Å²) in [5, 5.41) is 6.61. The van der Waals surface area contributed by atoms with Gasteiger partial charge in [-0.3, -0.25) is 4.79 Å². The number of hydrogen-bond donors (Lipinski definition) is 1. The van der Waals surface area contributed by atoms with E-state index in [4.69, 9.17) is 34.8 Å². The van der Waals surface area contributed by atoms with Crippen molar-refractivity contribution in [2.75, 3.05) is 5.32 Å². The zero-order valence-electron chi connectivity index (χ0n) is 13.3. The number of nitrogens with zero attached hydrogens (tertiary/aromatic N) is 1. The van der Waals surface area contributed by atoms with Gasteiger partial charge in [0.15, 0.2) is 0 Å². The molecule has 0 atom stereocenters. The molecular formula is C18H13Cl3N2OS2. The summed E-state index contributed by atoms with van der Waals surface area (Å²) in [6.07, 6.45) is 0.224. The first-order valence-corrected chi connectivity index (χ1v) is 10.6. The van der Waals surface area contributed by atoms with Crippen LogP contribution in [-0.2, 0) is 17.0 Å². The van der Waals surface area contributed by atoms with Crippen LogP contribution in [-0.4, -0.2) is 10.9 Å². The number of hydrogen-bond acceptors (Lipinski definition) is 4. The summed E-state index contributed by atoms with van der Waals surface area (Å²) in [7, 11) is 0. The topological polar surface area (TPSA) is 42.0 Å². The number of rotatable bonds is 6. The molecule has 0 radical (unpaired) electrons. The average Bonchev–Trinajstić information content (AvgIpc) is 3.03. The standard InChI is InChI=1S/C18H13Cl3N2OS2/c19-12-3-5-14(6-4-12)22-17(24)8-15-10-26-18(23-15)25-9-11-1-2-13(20)7-16(11)21/h1-7,10H,8-9H2,(H,22,24). The predicted octanol–water partition coefficient (Wildman–Crippen LogP) is 6.58. The minimum Gasteiger partial charge on any atom is -0.326 e. The quantitative estimate of drug-likeness (QED) is 0.438. The predicted molar refractivity (Wildman–Crippen MR) is 112 cm³/mol. The van der Waals surface area contributed by atoms with Crippen LogP contribution in [0.2, 0.25) is 15.1 Å². The zero-order chi connectivity index (χ0) is 18.5. The van der Waals surface area contributed by atoms with Crippen molar-refractivity contribution in [2.45, 2.75) is 16.5 Å². The van der Waals surface area contributed by atoms with Crippen LogP contribution in [0.4, 0.5) is 5.69 Å². The van der Waals surface area contributed by atoms with E-state index >= 15 is 0 Å². The maximum atomic E-state index is 12.1. The zero-order valence-corrected chi connectivity index (χ0v) is 17.2. The van der Waals surface area contributed by atoms with Crippen LogP contribution in [0.5, 0.6) is 0 Å². The van der Waals surface area contributed by atoms with E-state index in [9.17, 15) is 4.79 Å². The minimum absolute atomic E-state index is 0.116. The molecule has 0 aliphatic heterocycles. The summed E-state index contributed by atoms with van der Waals surface area (Å²) in [5.41, 5.74) is 2.45. The molecule has 0 fully saturated rings. The molecule has 3 aromatic rings. The lowest BCUT2D eigenvalue weighted by Crippen LogP contribution is -2.14. The first-order chi connectivity index (χ1) is 12.5. The van der Waals surface area contributed by atoms with Crippen LogP contribution in [0.25, 0.3) is 0 Å². The van der Waals surface area contributed by atoms with Crippen molar-refractivity contribution >= 4 is 69.5 Å². The third kappa shape index (κ3) is 5.63. The molecule has 0 unspecified atom stereocenters. The molecule has 0 saturated heterocycles. The summed E-state index contributed by atoms with van der Waals surface area (Å²) < 4.78 is 0.894. The molecule has 0 bridgehead atoms. The first-order valence-electron chi connectivity index (χ1n) is 7.56. The van der Waals surface area contributed by atoms with Gasteiger partial charge in [-0.2, -0.15) is 0 Å². The molecule has 1 N–H and O–H groups in total. The van der Waals surface area contributed by atoms with Crippen molar-refractivity contribution in [1.29, 1.82) is 0 Å². The molecule has 0 aliphatic rings. The average molecular weight is 444 g/mol. The molecule has 0 aliphatic carbocycles. The van der Waals surface area contributed by atoms with E-state index in [2.05, 4.69) is 10.3 Å². The molecule has 1 heterocycles. The lowest BCUT2D eigenvalue weighted by Gasteiger charge is -2.04. The Kier molecular flexibility index (Phi) is 6.84. The second kappa shape index (κ2) is 9.11. The summed E-state index contributed by atoms with van der Waals surface area (Å²) in [6.45, 7) is 0. The summed E-state index contributed by atoms with van der Waals surface area (Å²) >= 11 is 21.0. The van der Waals surface area contributed by atoms with Crippen molar-refractivity contribution in [3.8, 4) is 0 Å². The fraction of sp³-hybridized carbons (Fsp3) is 0.111. The number of halogens is 3. The minimum atomic E-state index is -0.116. The van der Waals surface area contributed by atoms with Crippen LogP contribution >= 0.6 is 57.9 Å². The molecule has 8 heteroatoms. The number of carbonyl (C=O) groups excluding carboxylic acids is 1. The normalized spacial score (nSPS) is 10.7. The third-order valence-corrected chi connectivity index (χ3v) is 6.32. The van der Waals surface area contributed by atoms with Gasteiger partial charge in [0.2, 0.25) is 5.91 Å². The monoisotopic (exact) mass is 442 g/mol. The van der Waals surface area contributed by atoms with Gasteiger partial charge in [-0.25, -0.2) is 4.98 Å².